The SMILES string of the molecule is Cc1cc(Oc2cc(NC(=O)C3CC3)ncn2)ccc1NC(=O)Nc1cc(NC2CCN(C)CC2)cc(C(F)(F)F)c1. The van der Waals surface area contributed by atoms with Crippen molar-refractivity contribution in [1.29, 1.82) is 0 Å². The summed E-state index contributed by atoms with van der Waals surface area (Å²) in [6.45, 7) is 3.45. The molecule has 42 heavy (non-hydrogen) atoms. The fraction of sp³-hybridized carbons (Fsp3) is 0.379. The summed E-state index contributed by atoms with van der Waals surface area (Å²) in [7, 11) is 2.01. The molecule has 10 nitrogen and oxygen atoms in total. The zero-order chi connectivity index (χ0) is 29.9. The Morgan fingerprint density at radius 3 is 2.36 bits per heavy atom. The molecule has 0 spiro atoms. The Balaban J connectivity index is 1.22. The summed E-state index contributed by atoms with van der Waals surface area (Å²) in [5.74, 6) is 0.935. The quantitative estimate of drug-likeness (QED) is 0.253. The Hall–Kier alpha value is -4.39. The highest BCUT2D eigenvalue weighted by molar-refractivity contribution is 6.00. The van der Waals surface area contributed by atoms with E-state index in [0.717, 1.165) is 50.9 Å². The number of benzene rings is 2. The molecule has 13 heteroatoms. The van der Waals surface area contributed by atoms with E-state index < -0.39 is 17.8 Å². The molecule has 1 aliphatic carbocycles. The van der Waals surface area contributed by atoms with E-state index >= 15 is 0 Å². The van der Waals surface area contributed by atoms with Crippen molar-refractivity contribution in [2.24, 2.45) is 5.92 Å². The molecule has 2 heterocycles. The van der Waals surface area contributed by atoms with Crippen LogP contribution in [0.4, 0.5) is 40.8 Å². The molecule has 2 aromatic carbocycles. The predicted octanol–water partition coefficient (Wildman–Crippen LogP) is 6.09. The first-order valence-corrected chi connectivity index (χ1v) is 13.7. The van der Waals surface area contributed by atoms with Gasteiger partial charge in [0.25, 0.3) is 0 Å². The summed E-state index contributed by atoms with van der Waals surface area (Å²) in [6.07, 6.45) is 0.0721. The summed E-state index contributed by atoms with van der Waals surface area (Å²) in [6, 6.07) is 9.24. The number of amides is 3. The maximum absolute atomic E-state index is 13.6. The van der Waals surface area contributed by atoms with Crippen LogP contribution in [0.1, 0.15) is 36.8 Å². The van der Waals surface area contributed by atoms with E-state index in [-0.39, 0.29) is 29.4 Å². The first kappa shape index (κ1) is 29.1. The molecule has 0 bridgehead atoms. The lowest BCUT2D eigenvalue weighted by molar-refractivity contribution is -0.137. The van der Waals surface area contributed by atoms with Crippen LogP contribution in [0.2, 0.25) is 0 Å². The number of urea groups is 1. The van der Waals surface area contributed by atoms with Crippen LogP contribution < -0.4 is 26.0 Å². The summed E-state index contributed by atoms with van der Waals surface area (Å²) < 4.78 is 46.7. The highest BCUT2D eigenvalue weighted by Gasteiger charge is 2.32. The number of carbonyl (C=O) groups is 2. The second-order valence-electron chi connectivity index (χ2n) is 10.7. The smallest absolute Gasteiger partial charge is 0.416 e. The van der Waals surface area contributed by atoms with E-state index in [2.05, 4.69) is 36.1 Å². The van der Waals surface area contributed by atoms with Crippen LogP contribution in [0, 0.1) is 12.8 Å². The van der Waals surface area contributed by atoms with Crippen molar-refractivity contribution in [3.63, 3.8) is 0 Å². The molecule has 3 aromatic rings. The molecule has 0 atom stereocenters. The molecule has 3 amide bonds. The van der Waals surface area contributed by atoms with Crippen molar-refractivity contribution in [2.45, 2.75) is 44.8 Å². The molecule has 1 aromatic heterocycles. The lowest BCUT2D eigenvalue weighted by atomic mass is 10.0. The van der Waals surface area contributed by atoms with Crippen molar-refractivity contribution in [1.82, 2.24) is 14.9 Å². The van der Waals surface area contributed by atoms with E-state index in [1.54, 1.807) is 25.1 Å². The summed E-state index contributed by atoms with van der Waals surface area (Å²) >= 11 is 0. The molecule has 1 saturated carbocycles. The van der Waals surface area contributed by atoms with Crippen LogP contribution >= 0.6 is 0 Å². The lowest BCUT2D eigenvalue weighted by Gasteiger charge is -2.30. The van der Waals surface area contributed by atoms with Gasteiger partial charge in [0.05, 0.1) is 5.56 Å². The van der Waals surface area contributed by atoms with Gasteiger partial charge in [-0.25, -0.2) is 14.8 Å². The van der Waals surface area contributed by atoms with Gasteiger partial charge in [0.1, 0.15) is 17.9 Å². The number of hydrogen-bond donors (Lipinski definition) is 4. The molecule has 4 N–H and O–H groups in total. The highest BCUT2D eigenvalue weighted by atomic mass is 19.4. The maximum Gasteiger partial charge on any atom is 0.416 e. The maximum atomic E-state index is 13.6. The molecule has 1 aliphatic heterocycles. The average Bonchev–Trinajstić information content (AvgIpc) is 3.77. The Labute approximate surface area is 241 Å². The number of carbonyl (C=O) groups excluding carboxylic acids is 2. The molecular weight excluding hydrogens is 551 g/mol. The zero-order valence-corrected chi connectivity index (χ0v) is 23.2. The number of rotatable bonds is 8. The van der Waals surface area contributed by atoms with Crippen molar-refractivity contribution in [3.05, 3.63) is 59.9 Å². The number of aromatic nitrogens is 2. The third-order valence-electron chi connectivity index (χ3n) is 7.12. The second-order valence-corrected chi connectivity index (χ2v) is 10.7. The van der Waals surface area contributed by atoms with E-state index in [1.165, 1.54) is 18.5 Å². The number of nitrogens with one attached hydrogen (secondary N) is 4. The van der Waals surface area contributed by atoms with Gasteiger partial charge in [0.15, 0.2) is 0 Å². The van der Waals surface area contributed by atoms with Gasteiger partial charge in [-0.05, 0) is 94.7 Å². The van der Waals surface area contributed by atoms with Crippen molar-refractivity contribution < 1.29 is 27.5 Å². The highest BCUT2D eigenvalue weighted by Crippen LogP contribution is 2.34. The van der Waals surface area contributed by atoms with Crippen LogP contribution in [0.15, 0.2) is 48.8 Å². The number of halogens is 3. The standard InChI is InChI=1S/C29H32F3N7O3/c1-17-11-23(42-26-15-25(33-16-34-26)38-27(40)18-3-4-18)5-6-24(17)37-28(41)36-22-13-19(29(30,31)32)12-21(14-22)35-20-7-9-39(2)10-8-20/h5-6,11-16,18,20,35H,3-4,7-10H2,1-2H3,(H2,36,37,41)(H,33,34,38,40). The molecule has 1 saturated heterocycles. The molecule has 0 unspecified atom stereocenters. The number of ether oxygens (including phenoxy) is 1. The molecule has 2 fully saturated rings. The number of nitrogens with zero attached hydrogens (tertiary/aromatic N) is 3. The van der Waals surface area contributed by atoms with Crippen LogP contribution in [-0.2, 0) is 11.0 Å². The Morgan fingerprint density at radius 2 is 1.67 bits per heavy atom. The minimum atomic E-state index is -4.57. The van der Waals surface area contributed by atoms with E-state index in [9.17, 15) is 22.8 Å². The molecular formula is C29H32F3N7O3. The van der Waals surface area contributed by atoms with Crippen LogP contribution in [0.5, 0.6) is 11.6 Å². The van der Waals surface area contributed by atoms with Gasteiger partial charge in [0, 0.05) is 35.1 Å². The Morgan fingerprint density at radius 1 is 0.929 bits per heavy atom. The third-order valence-corrected chi connectivity index (χ3v) is 7.12. The van der Waals surface area contributed by atoms with Gasteiger partial charge in [-0.15, -0.1) is 0 Å². The van der Waals surface area contributed by atoms with Crippen LogP contribution in [0.3, 0.4) is 0 Å². The number of likely N-dealkylation sites (tertiary alicyclic amines) is 1. The molecule has 222 valence electrons. The van der Waals surface area contributed by atoms with Crippen molar-refractivity contribution >= 4 is 34.8 Å². The third kappa shape index (κ3) is 7.87. The summed E-state index contributed by atoms with van der Waals surface area (Å²) in [5.41, 5.74) is 0.550. The number of alkyl halides is 3. The molecule has 5 rings (SSSR count). The molecule has 0 radical (unpaired) electrons. The lowest BCUT2D eigenvalue weighted by Crippen LogP contribution is -2.36. The number of hydrogen-bond acceptors (Lipinski definition) is 7. The van der Waals surface area contributed by atoms with Gasteiger partial charge in [-0.1, -0.05) is 0 Å². The minimum Gasteiger partial charge on any atom is -0.439 e. The van der Waals surface area contributed by atoms with Crippen LogP contribution in [0.25, 0.3) is 0 Å². The number of piperidine rings is 1. The normalized spacial score (nSPS) is 16.0. The fourth-order valence-electron chi connectivity index (χ4n) is 4.62. The topological polar surface area (TPSA) is 121 Å². The van der Waals surface area contributed by atoms with Crippen molar-refractivity contribution in [2.75, 3.05) is 41.4 Å². The first-order chi connectivity index (χ1) is 20.0. The predicted molar refractivity (Wildman–Crippen MR) is 153 cm³/mol. The zero-order valence-electron chi connectivity index (χ0n) is 23.2. The molecule has 2 aliphatic rings. The Kier molecular flexibility index (Phi) is 8.48. The first-order valence-electron chi connectivity index (χ1n) is 13.7. The van der Waals surface area contributed by atoms with E-state index in [0.29, 0.717) is 28.5 Å². The number of aryl methyl sites for hydroxylation is 1. The number of anilines is 4. The minimum absolute atomic E-state index is 0.0173. The van der Waals surface area contributed by atoms with Gasteiger partial charge >= 0.3 is 12.2 Å². The van der Waals surface area contributed by atoms with Gasteiger partial charge in [-0.2, -0.15) is 13.2 Å². The summed E-state index contributed by atoms with van der Waals surface area (Å²) in [5, 5.41) is 11.1. The van der Waals surface area contributed by atoms with Crippen LogP contribution in [-0.4, -0.2) is 53.0 Å². The summed E-state index contributed by atoms with van der Waals surface area (Å²) in [4.78, 5) is 35.0. The van der Waals surface area contributed by atoms with E-state index in [4.69, 9.17) is 4.74 Å². The van der Waals surface area contributed by atoms with Gasteiger partial charge < -0.3 is 30.9 Å². The monoisotopic (exact) mass is 583 g/mol. The van der Waals surface area contributed by atoms with Gasteiger partial charge in [-0.3, -0.25) is 4.79 Å². The second kappa shape index (κ2) is 12.2. The van der Waals surface area contributed by atoms with Gasteiger partial charge in [0.2, 0.25) is 11.8 Å². The van der Waals surface area contributed by atoms with E-state index in [1.807, 2.05) is 7.05 Å². The Bertz CT molecular complexity index is 1450. The average molecular weight is 584 g/mol. The van der Waals surface area contributed by atoms with Crippen molar-refractivity contribution in [3.8, 4) is 11.6 Å². The fourth-order valence-corrected chi connectivity index (χ4v) is 4.62. The largest absolute Gasteiger partial charge is 0.439 e.